The number of halogens is 1. The molecule has 0 heterocycles. The van der Waals surface area contributed by atoms with Crippen molar-refractivity contribution < 1.29 is 9.29 Å². The van der Waals surface area contributed by atoms with Crippen LogP contribution in [0.4, 0.5) is 5.69 Å². The lowest BCUT2D eigenvalue weighted by atomic mass is 10.3. The van der Waals surface area contributed by atoms with Crippen LogP contribution in [0.1, 0.15) is 6.92 Å². The van der Waals surface area contributed by atoms with Gasteiger partial charge in [0.15, 0.2) is 0 Å². The Morgan fingerprint density at radius 3 is 2.64 bits per heavy atom. The molecule has 0 bridgehead atoms. The minimum Gasteiger partial charge on any atom is -0.591 e. The highest BCUT2D eigenvalue weighted by Crippen LogP contribution is 2.14. The van der Waals surface area contributed by atoms with Gasteiger partial charge in [0.05, 0.1) is 17.0 Å². The van der Waals surface area contributed by atoms with E-state index in [1.807, 2.05) is 6.92 Å². The number of hydrogen-bond acceptors (Lipinski definition) is 3. The minimum absolute atomic E-state index is 0.194. The Hall–Kier alpha value is -0.420. The zero-order valence-electron chi connectivity index (χ0n) is 7.83. The molecule has 0 saturated carbocycles. The molecule has 0 aliphatic heterocycles. The van der Waals surface area contributed by atoms with Crippen molar-refractivity contribution in [2.45, 2.75) is 6.92 Å². The van der Waals surface area contributed by atoms with Gasteiger partial charge in [0.1, 0.15) is 0 Å². The average Bonchev–Trinajstić information content (AvgIpc) is 2.18. The molecule has 0 saturated heterocycles. The molecule has 1 aromatic rings. The third kappa shape index (κ3) is 4.19. The van der Waals surface area contributed by atoms with Crippen molar-refractivity contribution in [1.82, 2.24) is 0 Å². The molecule has 0 radical (unpaired) electrons. The van der Waals surface area contributed by atoms with Crippen LogP contribution in [0.25, 0.3) is 0 Å². The second-order valence-corrected chi connectivity index (χ2v) is 4.13. The van der Waals surface area contributed by atoms with Gasteiger partial charge in [0.2, 0.25) is 5.94 Å². The standard InChI is InChI=1S/C9H12ClNO2S/c1-2-13-7-14(12)11-9-5-3-8(10)4-6-9/h3-6,11H,2,7H2,1H3. The lowest BCUT2D eigenvalue weighted by Gasteiger charge is -2.11. The fourth-order valence-corrected chi connectivity index (χ4v) is 1.74. The summed E-state index contributed by atoms with van der Waals surface area (Å²) in [5.74, 6) is 0.194. The number of hydrogen-bond donors (Lipinski definition) is 1. The Morgan fingerprint density at radius 2 is 2.07 bits per heavy atom. The van der Waals surface area contributed by atoms with E-state index in [1.165, 1.54) is 0 Å². The summed E-state index contributed by atoms with van der Waals surface area (Å²) in [6.45, 7) is 2.42. The molecule has 0 fully saturated rings. The predicted molar refractivity (Wildman–Crippen MR) is 59.7 cm³/mol. The van der Waals surface area contributed by atoms with Crippen molar-refractivity contribution in [1.29, 1.82) is 0 Å². The number of benzene rings is 1. The van der Waals surface area contributed by atoms with Gasteiger partial charge in [-0.25, -0.2) is 4.72 Å². The van der Waals surface area contributed by atoms with Gasteiger partial charge < -0.3 is 9.29 Å². The van der Waals surface area contributed by atoms with E-state index in [9.17, 15) is 4.55 Å². The molecule has 1 atom stereocenters. The predicted octanol–water partition coefficient (Wildman–Crippen LogP) is 2.41. The number of rotatable bonds is 5. The molecule has 1 rings (SSSR count). The highest BCUT2D eigenvalue weighted by Gasteiger charge is 2.05. The van der Waals surface area contributed by atoms with Crippen LogP contribution in [0, 0.1) is 0 Å². The molecule has 1 N–H and O–H groups in total. The van der Waals surface area contributed by atoms with Crippen molar-refractivity contribution in [2.24, 2.45) is 0 Å². The van der Waals surface area contributed by atoms with E-state index in [4.69, 9.17) is 16.3 Å². The Morgan fingerprint density at radius 1 is 1.43 bits per heavy atom. The quantitative estimate of drug-likeness (QED) is 0.795. The first-order chi connectivity index (χ1) is 6.72. The normalized spacial score (nSPS) is 12.5. The van der Waals surface area contributed by atoms with E-state index >= 15 is 0 Å². The van der Waals surface area contributed by atoms with Gasteiger partial charge in [-0.2, -0.15) is 0 Å². The van der Waals surface area contributed by atoms with Crippen LogP contribution in [-0.2, 0) is 16.1 Å². The molecule has 14 heavy (non-hydrogen) atoms. The molecule has 0 aliphatic carbocycles. The first-order valence-corrected chi connectivity index (χ1v) is 5.90. The van der Waals surface area contributed by atoms with Crippen molar-refractivity contribution in [3.05, 3.63) is 29.3 Å². The van der Waals surface area contributed by atoms with Gasteiger partial charge in [-0.15, -0.1) is 0 Å². The van der Waals surface area contributed by atoms with Crippen molar-refractivity contribution in [2.75, 3.05) is 17.3 Å². The molecular weight excluding hydrogens is 222 g/mol. The largest absolute Gasteiger partial charge is 0.591 e. The number of anilines is 1. The Balaban J connectivity index is 2.39. The summed E-state index contributed by atoms with van der Waals surface area (Å²) in [5, 5.41) is 0.658. The Bertz CT molecular complexity index is 268. The van der Waals surface area contributed by atoms with Gasteiger partial charge in [-0.05, 0) is 31.2 Å². The zero-order valence-corrected chi connectivity index (χ0v) is 9.40. The molecule has 0 aromatic heterocycles. The highest BCUT2D eigenvalue weighted by molar-refractivity contribution is 7.92. The van der Waals surface area contributed by atoms with Crippen LogP contribution in [0.15, 0.2) is 24.3 Å². The van der Waals surface area contributed by atoms with E-state index in [-0.39, 0.29) is 5.94 Å². The van der Waals surface area contributed by atoms with E-state index in [0.29, 0.717) is 11.6 Å². The first kappa shape index (κ1) is 11.7. The fourth-order valence-electron chi connectivity index (χ4n) is 0.838. The summed E-state index contributed by atoms with van der Waals surface area (Å²) in [6, 6.07) is 7.02. The maximum atomic E-state index is 11.3. The minimum atomic E-state index is -1.19. The van der Waals surface area contributed by atoms with Crippen LogP contribution in [-0.4, -0.2) is 17.1 Å². The van der Waals surface area contributed by atoms with Crippen LogP contribution >= 0.6 is 11.6 Å². The second kappa shape index (κ2) is 6.14. The molecule has 0 amide bonds. The Kier molecular flexibility index (Phi) is 5.11. The molecule has 3 nitrogen and oxygen atoms in total. The summed E-state index contributed by atoms with van der Waals surface area (Å²) in [6.07, 6.45) is 0. The number of ether oxygens (including phenoxy) is 1. The van der Waals surface area contributed by atoms with Gasteiger partial charge in [0, 0.05) is 11.6 Å². The summed E-state index contributed by atoms with van der Waals surface area (Å²) in [4.78, 5) is 0. The summed E-state index contributed by atoms with van der Waals surface area (Å²) in [5.41, 5.74) is 0.771. The van der Waals surface area contributed by atoms with Crippen molar-refractivity contribution >= 4 is 28.7 Å². The summed E-state index contributed by atoms with van der Waals surface area (Å²) < 4.78 is 19.1. The van der Waals surface area contributed by atoms with Crippen LogP contribution in [0.5, 0.6) is 0 Å². The van der Waals surface area contributed by atoms with Gasteiger partial charge in [0.25, 0.3) is 0 Å². The van der Waals surface area contributed by atoms with Crippen molar-refractivity contribution in [3.63, 3.8) is 0 Å². The van der Waals surface area contributed by atoms with Gasteiger partial charge in [-0.3, -0.25) is 0 Å². The highest BCUT2D eigenvalue weighted by atomic mass is 35.5. The fraction of sp³-hybridized carbons (Fsp3) is 0.333. The average molecular weight is 234 g/mol. The van der Waals surface area contributed by atoms with E-state index in [1.54, 1.807) is 24.3 Å². The van der Waals surface area contributed by atoms with Crippen LogP contribution in [0.3, 0.4) is 0 Å². The summed E-state index contributed by atoms with van der Waals surface area (Å²) >= 11 is 4.51. The van der Waals surface area contributed by atoms with Gasteiger partial charge >= 0.3 is 0 Å². The lowest BCUT2D eigenvalue weighted by Crippen LogP contribution is -2.18. The topological polar surface area (TPSA) is 44.3 Å². The Labute approximate surface area is 91.7 Å². The monoisotopic (exact) mass is 233 g/mol. The third-order valence-electron chi connectivity index (χ3n) is 1.47. The SMILES string of the molecule is CCOC[S+]([O-])Nc1ccc(Cl)cc1. The molecule has 0 aliphatic rings. The molecule has 78 valence electrons. The lowest BCUT2D eigenvalue weighted by molar-refractivity contribution is 0.192. The second-order valence-electron chi connectivity index (χ2n) is 2.57. The summed E-state index contributed by atoms with van der Waals surface area (Å²) in [7, 11) is 0. The van der Waals surface area contributed by atoms with E-state index < -0.39 is 11.4 Å². The maximum absolute atomic E-state index is 11.3. The van der Waals surface area contributed by atoms with Crippen molar-refractivity contribution in [3.8, 4) is 0 Å². The van der Waals surface area contributed by atoms with E-state index in [0.717, 1.165) is 5.69 Å². The molecule has 5 heteroatoms. The smallest absolute Gasteiger partial charge is 0.230 e. The third-order valence-corrected chi connectivity index (χ3v) is 2.57. The zero-order chi connectivity index (χ0) is 10.4. The molecule has 0 spiro atoms. The molecular formula is C9H12ClNO2S. The maximum Gasteiger partial charge on any atom is 0.230 e. The van der Waals surface area contributed by atoms with Crippen LogP contribution < -0.4 is 4.72 Å². The van der Waals surface area contributed by atoms with E-state index in [2.05, 4.69) is 4.72 Å². The molecule has 1 unspecified atom stereocenters. The first-order valence-electron chi connectivity index (χ1n) is 4.20. The molecule has 1 aromatic carbocycles. The van der Waals surface area contributed by atoms with Gasteiger partial charge in [-0.1, -0.05) is 11.6 Å². The van der Waals surface area contributed by atoms with Crippen LogP contribution in [0.2, 0.25) is 5.02 Å². The number of nitrogens with one attached hydrogen (secondary N) is 1.